The van der Waals surface area contributed by atoms with Crippen LogP contribution in [0.4, 0.5) is 0 Å². The molecule has 0 aromatic rings. The Labute approximate surface area is 200 Å². The molecule has 2 saturated carbocycles. The zero-order chi connectivity index (χ0) is 23.8. The topological polar surface area (TPSA) is 9.72 Å². The third kappa shape index (κ3) is 4.69. The number of rotatable bonds is 5. The predicted molar refractivity (Wildman–Crippen MR) is 138 cm³/mol. The lowest BCUT2D eigenvalue weighted by Gasteiger charge is -2.54. The van der Waals surface area contributed by atoms with E-state index in [-0.39, 0.29) is 0 Å². The number of likely N-dealkylation sites (tertiary alicyclic amines) is 1. The number of nitrogens with zero attached hydrogens (tertiary/aromatic N) is 3. The molecule has 4 aliphatic rings. The van der Waals surface area contributed by atoms with Gasteiger partial charge in [-0.1, -0.05) is 13.8 Å². The first kappa shape index (κ1) is 25.0. The van der Waals surface area contributed by atoms with Crippen molar-refractivity contribution in [1.29, 1.82) is 0 Å². The molecule has 4 fully saturated rings. The van der Waals surface area contributed by atoms with E-state index in [0.29, 0.717) is 33.0 Å². The quantitative estimate of drug-likeness (QED) is 0.483. The number of piperidine rings is 1. The summed E-state index contributed by atoms with van der Waals surface area (Å²) in [6, 6.07) is 0. The summed E-state index contributed by atoms with van der Waals surface area (Å²) in [6.07, 6.45) is 9.86. The van der Waals surface area contributed by atoms with Crippen LogP contribution >= 0.6 is 0 Å². The van der Waals surface area contributed by atoms with Gasteiger partial charge in [-0.05, 0) is 124 Å². The molecule has 4 rings (SSSR count). The smallest absolute Gasteiger partial charge is 0.0343 e. The van der Waals surface area contributed by atoms with E-state index in [1.165, 1.54) is 77.7 Å². The van der Waals surface area contributed by atoms with Crippen LogP contribution in [-0.2, 0) is 0 Å². The highest BCUT2D eigenvalue weighted by Crippen LogP contribution is 2.62. The van der Waals surface area contributed by atoms with Crippen molar-refractivity contribution in [2.24, 2.45) is 16.7 Å². The summed E-state index contributed by atoms with van der Waals surface area (Å²) in [5, 5.41) is 0. The van der Waals surface area contributed by atoms with E-state index in [1.54, 1.807) is 0 Å². The van der Waals surface area contributed by atoms with Crippen molar-refractivity contribution in [3.63, 3.8) is 0 Å². The maximum atomic E-state index is 2.95. The Balaban J connectivity index is 1.40. The second-order valence-corrected chi connectivity index (χ2v) is 15.6. The molecule has 1 atom stereocenters. The lowest BCUT2D eigenvalue weighted by Crippen LogP contribution is -2.64. The summed E-state index contributed by atoms with van der Waals surface area (Å²) in [5.74, 6) is 0.900. The van der Waals surface area contributed by atoms with Gasteiger partial charge in [0, 0.05) is 48.3 Å². The molecule has 0 N–H and O–H groups in total. The molecule has 0 aromatic heterocycles. The van der Waals surface area contributed by atoms with E-state index in [4.69, 9.17) is 0 Å². The summed E-state index contributed by atoms with van der Waals surface area (Å²) < 4.78 is 0. The standard InChI is InChI=1S/C29H55N3/c1-24(2,3)30-18-11-23(28(21-30)14-15-28)26(7,8)12-13-27(9,10)32-20-19-31(25(4,5)6)22-29(32)16-17-29/h23H,11-22H2,1-10H3. The van der Waals surface area contributed by atoms with Crippen LogP contribution in [0.15, 0.2) is 0 Å². The zero-order valence-corrected chi connectivity index (χ0v) is 23.4. The van der Waals surface area contributed by atoms with Crippen molar-refractivity contribution < 1.29 is 0 Å². The first-order chi connectivity index (χ1) is 14.5. The van der Waals surface area contributed by atoms with Gasteiger partial charge in [0.2, 0.25) is 0 Å². The second kappa shape index (κ2) is 7.69. The van der Waals surface area contributed by atoms with Gasteiger partial charge in [-0.25, -0.2) is 0 Å². The summed E-state index contributed by atoms with van der Waals surface area (Å²) in [5.41, 5.74) is 2.46. The van der Waals surface area contributed by atoms with Crippen LogP contribution < -0.4 is 0 Å². The van der Waals surface area contributed by atoms with Gasteiger partial charge < -0.3 is 0 Å². The van der Waals surface area contributed by atoms with E-state index < -0.39 is 0 Å². The fourth-order valence-electron chi connectivity index (χ4n) is 7.62. The molecule has 0 radical (unpaired) electrons. The summed E-state index contributed by atoms with van der Waals surface area (Å²) >= 11 is 0. The maximum absolute atomic E-state index is 2.95. The lowest BCUT2D eigenvalue weighted by molar-refractivity contribution is -0.0545. The Kier molecular flexibility index (Phi) is 6.00. The Morgan fingerprint density at radius 2 is 1.22 bits per heavy atom. The molecule has 0 bridgehead atoms. The summed E-state index contributed by atoms with van der Waals surface area (Å²) in [6.45, 7) is 31.1. The van der Waals surface area contributed by atoms with Gasteiger partial charge in [-0.3, -0.25) is 14.7 Å². The molecule has 0 aromatic carbocycles. The summed E-state index contributed by atoms with van der Waals surface area (Å²) in [7, 11) is 0. The third-order valence-corrected chi connectivity index (χ3v) is 10.3. The molecule has 2 heterocycles. The van der Waals surface area contributed by atoms with Gasteiger partial charge >= 0.3 is 0 Å². The van der Waals surface area contributed by atoms with E-state index >= 15 is 0 Å². The van der Waals surface area contributed by atoms with Crippen molar-refractivity contribution in [2.75, 3.05) is 32.7 Å². The highest BCUT2D eigenvalue weighted by Gasteiger charge is 2.59. The molecule has 2 aliphatic heterocycles. The Morgan fingerprint density at radius 3 is 1.72 bits per heavy atom. The van der Waals surface area contributed by atoms with Gasteiger partial charge in [0.1, 0.15) is 0 Å². The van der Waals surface area contributed by atoms with Crippen molar-refractivity contribution in [3.8, 4) is 0 Å². The fourth-order valence-corrected chi connectivity index (χ4v) is 7.62. The van der Waals surface area contributed by atoms with Crippen LogP contribution in [-0.4, -0.2) is 69.6 Å². The minimum atomic E-state index is 0.300. The zero-order valence-electron chi connectivity index (χ0n) is 23.4. The molecular formula is C29H55N3. The number of piperazine rings is 1. The molecule has 1 unspecified atom stereocenters. The largest absolute Gasteiger partial charge is 0.298 e. The van der Waals surface area contributed by atoms with Crippen LogP contribution in [0.2, 0.25) is 0 Å². The highest BCUT2D eigenvalue weighted by atomic mass is 15.4. The molecule has 3 nitrogen and oxygen atoms in total. The first-order valence-electron chi connectivity index (χ1n) is 13.8. The first-order valence-corrected chi connectivity index (χ1v) is 13.8. The molecule has 2 saturated heterocycles. The fraction of sp³-hybridized carbons (Fsp3) is 1.00. The van der Waals surface area contributed by atoms with Crippen LogP contribution in [0.1, 0.15) is 114 Å². The van der Waals surface area contributed by atoms with Gasteiger partial charge in [0.25, 0.3) is 0 Å². The van der Waals surface area contributed by atoms with E-state index in [1.807, 2.05) is 0 Å². The lowest BCUT2D eigenvalue weighted by atomic mass is 9.63. The molecule has 2 aliphatic carbocycles. The van der Waals surface area contributed by atoms with Crippen molar-refractivity contribution in [1.82, 2.24) is 14.7 Å². The minimum absolute atomic E-state index is 0.300. The SMILES string of the molecule is CC(C)(CCC(C)(C)N1CCN(C(C)(C)C)CC12CC2)C1CCN(C(C)(C)C)CC12CC2. The van der Waals surface area contributed by atoms with Crippen LogP contribution in [0, 0.1) is 16.7 Å². The van der Waals surface area contributed by atoms with E-state index in [2.05, 4.69) is 83.9 Å². The monoisotopic (exact) mass is 445 g/mol. The van der Waals surface area contributed by atoms with E-state index in [0.717, 1.165) is 5.92 Å². The molecule has 32 heavy (non-hydrogen) atoms. The number of hydrogen-bond acceptors (Lipinski definition) is 3. The van der Waals surface area contributed by atoms with Gasteiger partial charge in [0.05, 0.1) is 0 Å². The molecule has 0 amide bonds. The Morgan fingerprint density at radius 1 is 0.656 bits per heavy atom. The average molecular weight is 446 g/mol. The highest BCUT2D eigenvalue weighted by molar-refractivity contribution is 5.14. The van der Waals surface area contributed by atoms with Crippen LogP contribution in [0.5, 0.6) is 0 Å². The van der Waals surface area contributed by atoms with Crippen LogP contribution in [0.25, 0.3) is 0 Å². The van der Waals surface area contributed by atoms with Gasteiger partial charge in [-0.15, -0.1) is 0 Å². The molecular weight excluding hydrogens is 390 g/mol. The third-order valence-electron chi connectivity index (χ3n) is 10.3. The average Bonchev–Trinajstić information content (AvgIpc) is 3.58. The Bertz CT molecular complexity index is 624. The van der Waals surface area contributed by atoms with Gasteiger partial charge in [-0.2, -0.15) is 0 Å². The second-order valence-electron chi connectivity index (χ2n) is 15.6. The van der Waals surface area contributed by atoms with Crippen molar-refractivity contribution in [2.45, 2.75) is 136 Å². The van der Waals surface area contributed by atoms with Crippen molar-refractivity contribution >= 4 is 0 Å². The normalized spacial score (nSPS) is 29.6. The predicted octanol–water partition coefficient (Wildman–Crippen LogP) is 6.42. The molecule has 2 spiro atoms. The number of hydrogen-bond donors (Lipinski definition) is 0. The van der Waals surface area contributed by atoms with Gasteiger partial charge in [0.15, 0.2) is 0 Å². The molecule has 3 heteroatoms. The minimum Gasteiger partial charge on any atom is -0.298 e. The van der Waals surface area contributed by atoms with Crippen LogP contribution in [0.3, 0.4) is 0 Å². The van der Waals surface area contributed by atoms with E-state index in [9.17, 15) is 0 Å². The van der Waals surface area contributed by atoms with Crippen molar-refractivity contribution in [3.05, 3.63) is 0 Å². The maximum Gasteiger partial charge on any atom is 0.0343 e. The Hall–Kier alpha value is -0.120. The molecule has 186 valence electrons. The summed E-state index contributed by atoms with van der Waals surface area (Å²) in [4.78, 5) is 8.48.